The van der Waals surface area contributed by atoms with E-state index in [2.05, 4.69) is 30.5 Å². The smallest absolute Gasteiger partial charge is 0.240 e. The molecule has 0 aromatic heterocycles. The minimum atomic E-state index is -3.72. The molecule has 4 aromatic rings. The highest BCUT2D eigenvalue weighted by atomic mass is 32.2. The lowest BCUT2D eigenvalue weighted by Crippen LogP contribution is -2.25. The summed E-state index contributed by atoms with van der Waals surface area (Å²) in [7, 11) is -2.24. The number of aryl methyl sites for hydroxylation is 1. The van der Waals surface area contributed by atoms with Crippen LogP contribution in [0.2, 0.25) is 0 Å². The van der Waals surface area contributed by atoms with Crippen molar-refractivity contribution in [3.63, 3.8) is 0 Å². The van der Waals surface area contributed by atoms with Crippen LogP contribution in [0, 0.1) is 6.92 Å². The Kier molecular flexibility index (Phi) is 13.1. The molecule has 0 aliphatic heterocycles. The van der Waals surface area contributed by atoms with Gasteiger partial charge in [-0.05, 0) is 66.8 Å². The van der Waals surface area contributed by atoms with Crippen LogP contribution in [-0.4, -0.2) is 71.2 Å². The normalized spacial score (nSPS) is 11.9. The maximum absolute atomic E-state index is 12.6. The molecule has 254 valence electrons. The maximum Gasteiger partial charge on any atom is 0.240 e. The lowest BCUT2D eigenvalue weighted by Gasteiger charge is -2.10. The molecule has 0 atom stereocenters. The van der Waals surface area contributed by atoms with Crippen LogP contribution in [0.25, 0.3) is 10.8 Å². The quantitative estimate of drug-likeness (QED) is 0.0733. The zero-order chi connectivity index (χ0) is 34.5. The van der Waals surface area contributed by atoms with Gasteiger partial charge >= 0.3 is 0 Å². The number of benzene rings is 4. The van der Waals surface area contributed by atoms with Crippen molar-refractivity contribution >= 4 is 55.1 Å². The van der Waals surface area contributed by atoms with Gasteiger partial charge in [-0.15, -0.1) is 10.2 Å². The third kappa shape index (κ3) is 9.85. The number of sulfonamides is 1. The SMILES string of the molecule is COc1cc(N=Nc2ccc3cccc(NC(C)=O)c3c2O)c(C)cc1N=Nc1ccc(S(=O)(=O)NCCCOCCOCCO)cc1. The van der Waals surface area contributed by atoms with Gasteiger partial charge in [0.2, 0.25) is 15.9 Å². The molecular weight excluding hydrogens is 640 g/mol. The molecule has 4 rings (SSSR count). The van der Waals surface area contributed by atoms with Gasteiger partial charge < -0.3 is 29.7 Å². The first-order valence-electron chi connectivity index (χ1n) is 15.0. The van der Waals surface area contributed by atoms with E-state index in [1.165, 1.54) is 26.2 Å². The van der Waals surface area contributed by atoms with Gasteiger partial charge in [0, 0.05) is 31.5 Å². The largest absolute Gasteiger partial charge is 0.505 e. The molecule has 0 aliphatic carbocycles. The van der Waals surface area contributed by atoms with Crippen molar-refractivity contribution in [3.05, 3.63) is 72.3 Å². The molecule has 0 heterocycles. The maximum atomic E-state index is 12.6. The Labute approximate surface area is 278 Å². The Balaban J connectivity index is 1.41. The summed E-state index contributed by atoms with van der Waals surface area (Å²) in [6, 6.07) is 18.1. The molecule has 0 saturated heterocycles. The molecular formula is C33H38N6O8S. The van der Waals surface area contributed by atoms with Crippen molar-refractivity contribution < 1.29 is 37.6 Å². The molecule has 4 aromatic carbocycles. The van der Waals surface area contributed by atoms with E-state index in [4.69, 9.17) is 19.3 Å². The van der Waals surface area contributed by atoms with Gasteiger partial charge in [0.05, 0.1) is 55.5 Å². The highest BCUT2D eigenvalue weighted by molar-refractivity contribution is 7.89. The topological polar surface area (TPSA) is 193 Å². The number of carbonyl (C=O) groups is 1. The summed E-state index contributed by atoms with van der Waals surface area (Å²) in [6.45, 7) is 4.72. The van der Waals surface area contributed by atoms with Crippen molar-refractivity contribution in [3.8, 4) is 11.5 Å². The summed E-state index contributed by atoms with van der Waals surface area (Å²) in [5, 5.41) is 40.6. The van der Waals surface area contributed by atoms with Crippen molar-refractivity contribution in [2.45, 2.75) is 25.2 Å². The van der Waals surface area contributed by atoms with E-state index in [-0.39, 0.29) is 42.0 Å². The Bertz CT molecular complexity index is 1880. The Morgan fingerprint density at radius 3 is 2.27 bits per heavy atom. The third-order valence-corrected chi connectivity index (χ3v) is 8.33. The first-order chi connectivity index (χ1) is 23.1. The number of nitrogens with zero attached hydrogens (tertiary/aromatic N) is 4. The number of ether oxygens (including phenoxy) is 3. The van der Waals surface area contributed by atoms with Gasteiger partial charge in [-0.3, -0.25) is 4.79 Å². The number of carbonyl (C=O) groups excluding carboxylic acids is 1. The number of azo groups is 2. The fraction of sp³-hybridized carbons (Fsp3) is 0.303. The first kappa shape index (κ1) is 36.0. The highest BCUT2D eigenvalue weighted by Gasteiger charge is 2.14. The van der Waals surface area contributed by atoms with E-state index in [1.807, 2.05) is 13.0 Å². The number of aromatic hydroxyl groups is 1. The standard InChI is InChI=1S/C33H38N6O8S/c1-22-20-30(39-36-25-9-11-26(12-10-25)48(43,44)34-14-5-16-46-18-19-47-17-15-40)31(45-3)21-29(22)38-37-28-13-8-24-6-4-7-27(35-23(2)41)32(24)33(28)42/h4,6-13,20-21,34,40,42H,5,14-19H2,1-3H3,(H,35,41). The Hall–Kier alpha value is -4.80. The van der Waals surface area contributed by atoms with Crippen molar-refractivity contribution in [1.82, 2.24) is 4.72 Å². The van der Waals surface area contributed by atoms with Crippen LogP contribution in [0.15, 0.2) is 92.1 Å². The monoisotopic (exact) mass is 678 g/mol. The number of rotatable bonds is 17. The number of methoxy groups -OCH3 is 1. The third-order valence-electron chi connectivity index (χ3n) is 6.86. The number of amides is 1. The zero-order valence-electron chi connectivity index (χ0n) is 26.8. The number of nitrogens with one attached hydrogen (secondary N) is 2. The number of hydrogen-bond acceptors (Lipinski definition) is 12. The van der Waals surface area contributed by atoms with Crippen molar-refractivity contribution in [2.75, 3.05) is 52.0 Å². The summed E-state index contributed by atoms with van der Waals surface area (Å²) in [5.41, 5.74) is 2.71. The van der Waals surface area contributed by atoms with Crippen LogP contribution in [0.4, 0.5) is 28.4 Å². The molecule has 48 heavy (non-hydrogen) atoms. The second kappa shape index (κ2) is 17.4. The zero-order valence-corrected chi connectivity index (χ0v) is 27.7. The molecule has 1 amide bonds. The highest BCUT2D eigenvalue weighted by Crippen LogP contribution is 2.41. The molecule has 0 saturated carbocycles. The first-order valence-corrected chi connectivity index (χ1v) is 16.5. The summed E-state index contributed by atoms with van der Waals surface area (Å²) < 4.78 is 43.8. The number of aliphatic hydroxyl groups excluding tert-OH is 1. The molecule has 0 unspecified atom stereocenters. The fourth-order valence-electron chi connectivity index (χ4n) is 4.50. The van der Waals surface area contributed by atoms with Crippen LogP contribution in [0.1, 0.15) is 18.9 Å². The number of phenols is 1. The van der Waals surface area contributed by atoms with E-state index in [1.54, 1.807) is 48.5 Å². The van der Waals surface area contributed by atoms with Crippen LogP contribution < -0.4 is 14.8 Å². The molecule has 14 nitrogen and oxygen atoms in total. The van der Waals surface area contributed by atoms with E-state index >= 15 is 0 Å². The summed E-state index contributed by atoms with van der Waals surface area (Å²) >= 11 is 0. The predicted molar refractivity (Wildman–Crippen MR) is 181 cm³/mol. The van der Waals surface area contributed by atoms with Crippen molar-refractivity contribution in [1.29, 1.82) is 0 Å². The van der Waals surface area contributed by atoms with E-state index in [0.717, 1.165) is 5.39 Å². The van der Waals surface area contributed by atoms with Gasteiger partial charge in [0.15, 0.2) is 5.75 Å². The number of fused-ring (bicyclic) bond motifs is 1. The molecule has 15 heteroatoms. The van der Waals surface area contributed by atoms with Crippen LogP contribution in [-0.2, 0) is 24.3 Å². The van der Waals surface area contributed by atoms with Gasteiger partial charge in [-0.25, -0.2) is 13.1 Å². The minimum Gasteiger partial charge on any atom is -0.505 e. The summed E-state index contributed by atoms with van der Waals surface area (Å²) in [6.07, 6.45) is 0.486. The molecule has 0 fully saturated rings. The second-order valence-corrected chi connectivity index (χ2v) is 12.2. The number of hydrogen-bond donors (Lipinski definition) is 4. The van der Waals surface area contributed by atoms with Gasteiger partial charge in [0.1, 0.15) is 17.1 Å². The van der Waals surface area contributed by atoms with E-state index in [9.17, 15) is 18.3 Å². The average molecular weight is 679 g/mol. The number of aliphatic hydroxyl groups is 1. The van der Waals surface area contributed by atoms with Crippen molar-refractivity contribution in [2.24, 2.45) is 20.5 Å². The van der Waals surface area contributed by atoms with Gasteiger partial charge in [0.25, 0.3) is 0 Å². The molecule has 0 bridgehead atoms. The lowest BCUT2D eigenvalue weighted by molar-refractivity contribution is -0.114. The summed E-state index contributed by atoms with van der Waals surface area (Å²) in [5.74, 6) is -0.00822. The lowest BCUT2D eigenvalue weighted by atomic mass is 10.1. The van der Waals surface area contributed by atoms with Crippen LogP contribution >= 0.6 is 0 Å². The average Bonchev–Trinajstić information content (AvgIpc) is 3.06. The summed E-state index contributed by atoms with van der Waals surface area (Å²) in [4.78, 5) is 11.7. The van der Waals surface area contributed by atoms with Gasteiger partial charge in [-0.1, -0.05) is 18.2 Å². The predicted octanol–water partition coefficient (Wildman–Crippen LogP) is 6.35. The van der Waals surface area contributed by atoms with E-state index < -0.39 is 10.0 Å². The molecule has 0 spiro atoms. The van der Waals surface area contributed by atoms with Crippen LogP contribution in [0.3, 0.4) is 0 Å². The van der Waals surface area contributed by atoms with E-state index in [0.29, 0.717) is 65.7 Å². The Morgan fingerprint density at radius 2 is 1.56 bits per heavy atom. The number of phenolic OH excluding ortho intramolecular Hbond substituents is 1. The molecule has 0 radical (unpaired) electrons. The molecule has 0 aliphatic rings. The molecule has 4 N–H and O–H groups in total. The van der Waals surface area contributed by atoms with Crippen LogP contribution in [0.5, 0.6) is 11.5 Å². The second-order valence-electron chi connectivity index (χ2n) is 10.4. The Morgan fingerprint density at radius 1 is 0.854 bits per heavy atom. The van der Waals surface area contributed by atoms with Gasteiger partial charge in [-0.2, -0.15) is 10.2 Å². The minimum absolute atomic E-state index is 0.0454. The number of anilines is 1. The fourth-order valence-corrected chi connectivity index (χ4v) is 5.57.